The zero-order valence-electron chi connectivity index (χ0n) is 9.74. The third-order valence-electron chi connectivity index (χ3n) is 4.05. The minimum atomic E-state index is -0.0209. The Kier molecular flexibility index (Phi) is 3.15. The van der Waals surface area contributed by atoms with E-state index in [4.69, 9.17) is 10.00 Å². The standard InChI is InChI=1S/C12H18N2O2/c1-16-9-12-5-2-3-10(12)7-14(8-12)11(15)4-6-13/h10H,2-5,7-9H2,1H3. The number of ether oxygens (including phenoxy) is 1. The van der Waals surface area contributed by atoms with E-state index in [0.717, 1.165) is 26.1 Å². The van der Waals surface area contributed by atoms with Gasteiger partial charge in [0.05, 0.1) is 12.7 Å². The predicted molar refractivity (Wildman–Crippen MR) is 58.5 cm³/mol. The molecule has 2 atom stereocenters. The summed E-state index contributed by atoms with van der Waals surface area (Å²) >= 11 is 0. The smallest absolute Gasteiger partial charge is 0.236 e. The van der Waals surface area contributed by atoms with Crippen LogP contribution in [0.4, 0.5) is 0 Å². The SMILES string of the molecule is COCC12CCCC1CN(C(=O)CC#N)C2. The molecule has 2 aliphatic rings. The van der Waals surface area contributed by atoms with Gasteiger partial charge in [-0.2, -0.15) is 5.26 Å². The molecule has 0 N–H and O–H groups in total. The van der Waals surface area contributed by atoms with Gasteiger partial charge in [0.25, 0.3) is 0 Å². The molecule has 1 saturated heterocycles. The second kappa shape index (κ2) is 4.42. The van der Waals surface area contributed by atoms with Crippen molar-refractivity contribution >= 4 is 5.91 Å². The van der Waals surface area contributed by atoms with Gasteiger partial charge in [-0.05, 0) is 18.8 Å². The number of nitrogens with zero attached hydrogens (tertiary/aromatic N) is 2. The van der Waals surface area contributed by atoms with Crippen molar-refractivity contribution in [1.29, 1.82) is 5.26 Å². The largest absolute Gasteiger partial charge is 0.384 e. The van der Waals surface area contributed by atoms with Gasteiger partial charge in [0, 0.05) is 25.6 Å². The Morgan fingerprint density at radius 2 is 2.50 bits per heavy atom. The second-order valence-corrected chi connectivity index (χ2v) is 4.99. The number of fused-ring (bicyclic) bond motifs is 1. The minimum absolute atomic E-state index is 0.00970. The highest BCUT2D eigenvalue weighted by atomic mass is 16.5. The van der Waals surface area contributed by atoms with E-state index in [1.54, 1.807) is 7.11 Å². The summed E-state index contributed by atoms with van der Waals surface area (Å²) in [6.07, 6.45) is 3.60. The lowest BCUT2D eigenvalue weighted by Gasteiger charge is -2.27. The van der Waals surface area contributed by atoms with Crippen LogP contribution in [0, 0.1) is 22.7 Å². The molecule has 4 nitrogen and oxygen atoms in total. The molecule has 88 valence electrons. The molecule has 1 aliphatic heterocycles. The quantitative estimate of drug-likeness (QED) is 0.720. The summed E-state index contributed by atoms with van der Waals surface area (Å²) in [5.74, 6) is 0.558. The third kappa shape index (κ3) is 1.80. The Labute approximate surface area is 96.2 Å². The first kappa shape index (κ1) is 11.4. The van der Waals surface area contributed by atoms with E-state index < -0.39 is 0 Å². The van der Waals surface area contributed by atoms with E-state index in [-0.39, 0.29) is 17.7 Å². The normalized spacial score (nSPS) is 32.5. The number of carbonyl (C=O) groups excluding carboxylic acids is 1. The number of carbonyl (C=O) groups is 1. The molecule has 2 rings (SSSR count). The fourth-order valence-electron chi connectivity index (χ4n) is 3.31. The lowest BCUT2D eigenvalue weighted by molar-refractivity contribution is -0.129. The van der Waals surface area contributed by atoms with Gasteiger partial charge in [-0.1, -0.05) is 6.42 Å². The van der Waals surface area contributed by atoms with Gasteiger partial charge < -0.3 is 9.64 Å². The Balaban J connectivity index is 2.05. The number of likely N-dealkylation sites (tertiary alicyclic amines) is 1. The topological polar surface area (TPSA) is 53.3 Å². The van der Waals surface area contributed by atoms with Crippen LogP contribution in [-0.4, -0.2) is 37.6 Å². The molecule has 16 heavy (non-hydrogen) atoms. The number of hydrogen-bond acceptors (Lipinski definition) is 3. The van der Waals surface area contributed by atoms with Crippen molar-refractivity contribution in [2.24, 2.45) is 11.3 Å². The maximum absolute atomic E-state index is 11.7. The van der Waals surface area contributed by atoms with E-state index in [1.165, 1.54) is 12.8 Å². The highest BCUT2D eigenvalue weighted by Crippen LogP contribution is 2.48. The van der Waals surface area contributed by atoms with Crippen LogP contribution in [0.3, 0.4) is 0 Å². The molecule has 0 bridgehead atoms. The first-order valence-electron chi connectivity index (χ1n) is 5.85. The van der Waals surface area contributed by atoms with E-state index in [1.807, 2.05) is 11.0 Å². The maximum Gasteiger partial charge on any atom is 0.236 e. The molecule has 0 spiro atoms. The zero-order chi connectivity index (χ0) is 11.6. The van der Waals surface area contributed by atoms with Crippen molar-refractivity contribution in [1.82, 2.24) is 4.90 Å². The molecule has 2 unspecified atom stereocenters. The second-order valence-electron chi connectivity index (χ2n) is 4.99. The lowest BCUT2D eigenvalue weighted by atomic mass is 9.82. The number of methoxy groups -OCH3 is 1. The van der Waals surface area contributed by atoms with Gasteiger partial charge in [0.1, 0.15) is 6.42 Å². The number of amides is 1. The summed E-state index contributed by atoms with van der Waals surface area (Å²) in [6, 6.07) is 1.93. The Bertz CT molecular complexity index is 323. The number of rotatable bonds is 3. The van der Waals surface area contributed by atoms with Crippen LogP contribution in [0.5, 0.6) is 0 Å². The van der Waals surface area contributed by atoms with E-state index in [9.17, 15) is 4.79 Å². The molecule has 1 saturated carbocycles. The average molecular weight is 222 g/mol. The Morgan fingerprint density at radius 3 is 3.19 bits per heavy atom. The van der Waals surface area contributed by atoms with E-state index in [2.05, 4.69) is 0 Å². The highest BCUT2D eigenvalue weighted by Gasteiger charge is 2.50. The summed E-state index contributed by atoms with van der Waals surface area (Å²) in [5.41, 5.74) is 0.180. The highest BCUT2D eigenvalue weighted by molar-refractivity contribution is 5.78. The van der Waals surface area contributed by atoms with Gasteiger partial charge >= 0.3 is 0 Å². The number of nitriles is 1. The van der Waals surface area contributed by atoms with Gasteiger partial charge in [-0.15, -0.1) is 0 Å². The molecule has 0 radical (unpaired) electrons. The number of hydrogen-bond donors (Lipinski definition) is 0. The van der Waals surface area contributed by atoms with Crippen molar-refractivity contribution < 1.29 is 9.53 Å². The molecule has 2 fully saturated rings. The molecular formula is C12H18N2O2. The summed E-state index contributed by atoms with van der Waals surface area (Å²) in [5, 5.41) is 8.55. The monoisotopic (exact) mass is 222 g/mol. The Morgan fingerprint density at radius 1 is 1.69 bits per heavy atom. The van der Waals surface area contributed by atoms with Crippen molar-refractivity contribution in [2.45, 2.75) is 25.7 Å². The average Bonchev–Trinajstić information content (AvgIpc) is 2.74. The van der Waals surface area contributed by atoms with Crippen LogP contribution in [0.25, 0.3) is 0 Å². The first-order chi connectivity index (χ1) is 7.72. The van der Waals surface area contributed by atoms with Crippen molar-refractivity contribution in [2.75, 3.05) is 26.8 Å². The van der Waals surface area contributed by atoms with Crippen LogP contribution in [0.15, 0.2) is 0 Å². The van der Waals surface area contributed by atoms with Crippen LogP contribution >= 0.6 is 0 Å². The molecule has 0 aromatic rings. The zero-order valence-corrected chi connectivity index (χ0v) is 9.74. The molecule has 1 heterocycles. The van der Waals surface area contributed by atoms with Crippen molar-refractivity contribution in [3.05, 3.63) is 0 Å². The first-order valence-corrected chi connectivity index (χ1v) is 5.85. The fourth-order valence-corrected chi connectivity index (χ4v) is 3.31. The summed E-state index contributed by atoms with van der Waals surface area (Å²) < 4.78 is 5.32. The van der Waals surface area contributed by atoms with Gasteiger partial charge in [0.15, 0.2) is 0 Å². The fraction of sp³-hybridized carbons (Fsp3) is 0.833. The van der Waals surface area contributed by atoms with E-state index in [0.29, 0.717) is 5.92 Å². The molecule has 0 aromatic heterocycles. The Hall–Kier alpha value is -1.08. The molecule has 1 aliphatic carbocycles. The predicted octanol–water partition coefficient (Wildman–Crippen LogP) is 1.18. The van der Waals surface area contributed by atoms with Crippen LogP contribution in [0.2, 0.25) is 0 Å². The van der Waals surface area contributed by atoms with Crippen LogP contribution in [0.1, 0.15) is 25.7 Å². The van der Waals surface area contributed by atoms with Crippen molar-refractivity contribution in [3.63, 3.8) is 0 Å². The molecule has 1 amide bonds. The van der Waals surface area contributed by atoms with Crippen LogP contribution in [-0.2, 0) is 9.53 Å². The summed E-state index contributed by atoms with van der Waals surface area (Å²) in [6.45, 7) is 2.35. The molecule has 4 heteroatoms. The van der Waals surface area contributed by atoms with Gasteiger partial charge in [-0.25, -0.2) is 0 Å². The summed E-state index contributed by atoms with van der Waals surface area (Å²) in [7, 11) is 1.73. The van der Waals surface area contributed by atoms with Gasteiger partial charge in [0.2, 0.25) is 5.91 Å². The van der Waals surface area contributed by atoms with E-state index >= 15 is 0 Å². The lowest BCUT2D eigenvalue weighted by Crippen LogP contribution is -2.34. The molecule has 0 aromatic carbocycles. The van der Waals surface area contributed by atoms with Gasteiger partial charge in [-0.3, -0.25) is 4.79 Å². The maximum atomic E-state index is 11.7. The molecular weight excluding hydrogens is 204 g/mol. The van der Waals surface area contributed by atoms with Crippen molar-refractivity contribution in [3.8, 4) is 6.07 Å². The minimum Gasteiger partial charge on any atom is -0.384 e. The van der Waals surface area contributed by atoms with Crippen LogP contribution < -0.4 is 0 Å². The third-order valence-corrected chi connectivity index (χ3v) is 4.05. The summed E-state index contributed by atoms with van der Waals surface area (Å²) in [4.78, 5) is 13.5.